The van der Waals surface area contributed by atoms with E-state index in [2.05, 4.69) is 19.1 Å². The molecule has 4 aliphatic rings. The van der Waals surface area contributed by atoms with Gasteiger partial charge in [0.25, 0.3) is 11.7 Å². The molecule has 1 amide bonds. The van der Waals surface area contributed by atoms with Crippen molar-refractivity contribution in [2.75, 3.05) is 27.9 Å². The summed E-state index contributed by atoms with van der Waals surface area (Å²) in [6.45, 7) is 11.0. The molecule has 1 unspecified atom stereocenters. The van der Waals surface area contributed by atoms with Gasteiger partial charge < -0.3 is 43.9 Å². The molecule has 3 aliphatic heterocycles. The predicted octanol–water partition coefficient (Wildman–Crippen LogP) is 6.24. The highest BCUT2D eigenvalue weighted by atomic mass is 16.6. The lowest BCUT2D eigenvalue weighted by Gasteiger charge is -2.43. The quantitative estimate of drug-likeness (QED) is 0.154. The molecule has 14 nitrogen and oxygen atoms in total. The van der Waals surface area contributed by atoms with E-state index in [9.17, 15) is 39.3 Å². The molecule has 3 fully saturated rings. The molecular weight excluding hydrogens is 823 g/mol. The summed E-state index contributed by atoms with van der Waals surface area (Å²) in [5.74, 6) is -7.60. The van der Waals surface area contributed by atoms with E-state index in [0.29, 0.717) is 63.4 Å². The zero-order chi connectivity index (χ0) is 47.3. The van der Waals surface area contributed by atoms with Crippen LogP contribution in [0.5, 0.6) is 0 Å². The first-order chi connectivity index (χ1) is 30.4. The van der Waals surface area contributed by atoms with Crippen LogP contribution in [0.4, 0.5) is 0 Å². The molecule has 4 rings (SSSR count). The molecule has 0 spiro atoms. The van der Waals surface area contributed by atoms with E-state index >= 15 is 0 Å². The Labute approximate surface area is 382 Å². The number of fused-ring (bicyclic) bond motifs is 3. The minimum atomic E-state index is -2.40. The monoisotopic (exact) mass is 904 g/mol. The number of aliphatic hydroxyl groups is 3. The number of hydrogen-bond acceptors (Lipinski definition) is 13. The van der Waals surface area contributed by atoms with Crippen molar-refractivity contribution in [2.24, 2.45) is 35.5 Å². The molecule has 364 valence electrons. The number of carbonyl (C=O) groups is 5. The fraction of sp³-hybridized carbons (Fsp3) is 0.820. The smallest absolute Gasteiger partial charge is 0.329 e. The van der Waals surface area contributed by atoms with Crippen molar-refractivity contribution in [2.45, 2.75) is 199 Å². The Morgan fingerprint density at radius 2 is 1.55 bits per heavy atom. The van der Waals surface area contributed by atoms with Gasteiger partial charge in [-0.1, -0.05) is 59.3 Å². The highest BCUT2D eigenvalue weighted by molar-refractivity contribution is 6.39. The summed E-state index contributed by atoms with van der Waals surface area (Å²) in [7, 11) is 4.59. The van der Waals surface area contributed by atoms with Crippen molar-refractivity contribution < 1.29 is 63.0 Å². The third-order valence-corrected chi connectivity index (χ3v) is 14.8. The van der Waals surface area contributed by atoms with Gasteiger partial charge in [-0.3, -0.25) is 19.2 Å². The molecule has 2 saturated heterocycles. The lowest BCUT2D eigenvalue weighted by molar-refractivity contribution is -0.267. The van der Waals surface area contributed by atoms with Crippen LogP contribution in [0.15, 0.2) is 23.8 Å². The summed E-state index contributed by atoms with van der Waals surface area (Å²) in [5.41, 5.74) is 0.408. The van der Waals surface area contributed by atoms with E-state index < -0.39 is 71.8 Å². The van der Waals surface area contributed by atoms with Crippen LogP contribution in [0, 0.1) is 35.5 Å². The zero-order valence-corrected chi connectivity index (χ0v) is 40.2. The average molecular weight is 904 g/mol. The Hall–Kier alpha value is -2.85. The summed E-state index contributed by atoms with van der Waals surface area (Å²) in [4.78, 5) is 71.6. The first-order valence-corrected chi connectivity index (χ1v) is 24.2. The van der Waals surface area contributed by atoms with Crippen molar-refractivity contribution in [1.29, 1.82) is 0 Å². The highest BCUT2D eigenvalue weighted by Crippen LogP contribution is 2.38. The maximum atomic E-state index is 14.4. The Morgan fingerprint density at radius 3 is 2.23 bits per heavy atom. The fourth-order valence-electron chi connectivity index (χ4n) is 10.3. The SMILES string of the molecule is CO[C@H]1C[C@@H]2CC[C@@H](C)[C@@](O)(O2)C(=O)C(=O)N2CCCC[C@H]2C(=O)O[C@H]([C@H](C)C[C@H]2CC[C@@H](O)[C@H](OC)C2)CC(=O)[C@H](C)/C=C(/C)[C@@H](O)[C@@H](OC)C(=O)[C@H](C)CCCC/C=C/CC1C. The first-order valence-electron chi connectivity index (χ1n) is 24.2. The van der Waals surface area contributed by atoms with E-state index in [1.54, 1.807) is 41.1 Å². The number of carbonyl (C=O) groups excluding carboxylic acids is 5. The standard InChI is InChI=1S/C50H81NO13/c1-30-17-13-11-10-12-14-18-31(2)44(54)46(62-9)45(55)34(5)25-32(3)40(53)29-42(33(4)26-36-21-23-39(52)43(27-36)61-8)63-49(58)38-19-15-16-24-51(38)48(57)47(56)50(59)35(6)20-22-37(64-50)28-41(30)60-7/h11,13,25,30-33,35-39,41-43,45-46,52,55,59H,10,12,14-24,26-29H2,1-9H3/b13-11+,34-25-/t30?,31-,32-,33-,35-,36-,37+,38+,39-,41+,42+,43-,45-,46+,50-/m1/s1. The van der Waals surface area contributed by atoms with Crippen LogP contribution in [0.1, 0.15) is 144 Å². The number of esters is 1. The maximum Gasteiger partial charge on any atom is 0.329 e. The van der Waals surface area contributed by atoms with Crippen LogP contribution in [-0.4, -0.2) is 132 Å². The van der Waals surface area contributed by atoms with E-state index in [0.717, 1.165) is 32.1 Å². The van der Waals surface area contributed by atoms with Gasteiger partial charge in [-0.15, -0.1) is 0 Å². The van der Waals surface area contributed by atoms with E-state index in [1.165, 1.54) is 12.0 Å². The molecule has 15 atom stereocenters. The normalized spacial score (nSPS) is 39.9. The van der Waals surface area contributed by atoms with Crippen molar-refractivity contribution in [1.82, 2.24) is 4.90 Å². The van der Waals surface area contributed by atoms with Crippen molar-refractivity contribution in [3.63, 3.8) is 0 Å². The lowest BCUT2D eigenvalue weighted by Crippen LogP contribution is -2.61. The summed E-state index contributed by atoms with van der Waals surface area (Å²) >= 11 is 0. The topological polar surface area (TPSA) is 195 Å². The summed E-state index contributed by atoms with van der Waals surface area (Å²) < 4.78 is 29.4. The van der Waals surface area contributed by atoms with Gasteiger partial charge in [0.1, 0.15) is 30.1 Å². The number of rotatable bonds is 6. The molecule has 3 heterocycles. The van der Waals surface area contributed by atoms with Crippen LogP contribution in [0.25, 0.3) is 0 Å². The Bertz CT molecular complexity index is 1610. The van der Waals surface area contributed by atoms with Gasteiger partial charge in [-0.2, -0.15) is 0 Å². The number of cyclic esters (lactones) is 1. The number of aliphatic hydroxyl groups excluding tert-OH is 2. The fourth-order valence-corrected chi connectivity index (χ4v) is 10.3. The van der Waals surface area contributed by atoms with E-state index in [4.69, 9.17) is 23.7 Å². The first kappa shape index (κ1) is 53.8. The number of nitrogens with zero attached hydrogens (tertiary/aromatic N) is 1. The molecule has 0 aromatic carbocycles. The van der Waals surface area contributed by atoms with Gasteiger partial charge in [0.2, 0.25) is 5.79 Å². The molecule has 3 N–H and O–H groups in total. The van der Waals surface area contributed by atoms with Gasteiger partial charge in [0.05, 0.1) is 24.4 Å². The molecule has 14 heteroatoms. The molecule has 1 saturated carbocycles. The molecule has 0 radical (unpaired) electrons. The average Bonchev–Trinajstić information content (AvgIpc) is 3.28. The Kier molecular flexibility index (Phi) is 21.3. The molecule has 0 aromatic rings. The number of amides is 1. The molecule has 2 bridgehead atoms. The molecule has 1 aliphatic carbocycles. The second-order valence-electron chi connectivity index (χ2n) is 19.7. The Balaban J connectivity index is 1.66. The third kappa shape index (κ3) is 14.1. The maximum absolute atomic E-state index is 14.4. The van der Waals surface area contributed by atoms with Crippen LogP contribution in [-0.2, 0) is 47.7 Å². The molecule has 0 aromatic heterocycles. The number of hydrogen-bond donors (Lipinski definition) is 3. The van der Waals surface area contributed by atoms with Crippen LogP contribution in [0.2, 0.25) is 0 Å². The summed E-state index contributed by atoms with van der Waals surface area (Å²) in [6.07, 6.45) is 9.80. The number of allylic oxidation sites excluding steroid dienone is 3. The summed E-state index contributed by atoms with van der Waals surface area (Å²) in [6, 6.07) is -1.13. The van der Waals surface area contributed by atoms with Gasteiger partial charge in [-0.25, -0.2) is 4.79 Å². The second kappa shape index (κ2) is 25.3. The van der Waals surface area contributed by atoms with Gasteiger partial charge in [-0.05, 0) is 114 Å². The number of ketones is 3. The van der Waals surface area contributed by atoms with E-state index in [-0.39, 0.29) is 66.8 Å². The highest BCUT2D eigenvalue weighted by Gasteiger charge is 2.53. The zero-order valence-electron chi connectivity index (χ0n) is 40.2. The molecule has 64 heavy (non-hydrogen) atoms. The molecular formula is C50H81NO13. The van der Waals surface area contributed by atoms with Crippen LogP contribution >= 0.6 is 0 Å². The third-order valence-electron chi connectivity index (χ3n) is 14.8. The number of piperidine rings is 1. The second-order valence-corrected chi connectivity index (χ2v) is 19.7. The van der Waals surface area contributed by atoms with Gasteiger partial charge in [0, 0.05) is 58.5 Å². The Morgan fingerprint density at radius 1 is 0.844 bits per heavy atom. The summed E-state index contributed by atoms with van der Waals surface area (Å²) in [5, 5.41) is 33.8. The minimum absolute atomic E-state index is 0.0843. The van der Waals surface area contributed by atoms with Crippen molar-refractivity contribution in [3.05, 3.63) is 23.8 Å². The predicted molar refractivity (Wildman–Crippen MR) is 241 cm³/mol. The van der Waals surface area contributed by atoms with Gasteiger partial charge >= 0.3 is 5.97 Å². The van der Waals surface area contributed by atoms with Crippen LogP contribution in [0.3, 0.4) is 0 Å². The largest absolute Gasteiger partial charge is 0.460 e. The number of methoxy groups -OCH3 is 3. The van der Waals surface area contributed by atoms with Crippen LogP contribution < -0.4 is 0 Å². The number of Topliss-reactive ketones (excluding diaryl/α,β-unsaturated/α-hetero) is 3. The van der Waals surface area contributed by atoms with Crippen molar-refractivity contribution in [3.8, 4) is 0 Å². The van der Waals surface area contributed by atoms with E-state index in [1.807, 2.05) is 13.8 Å². The van der Waals surface area contributed by atoms with Gasteiger partial charge in [0.15, 0.2) is 5.78 Å². The minimum Gasteiger partial charge on any atom is -0.460 e. The lowest BCUT2D eigenvalue weighted by atomic mass is 9.78. The number of ether oxygens (including phenoxy) is 5. The van der Waals surface area contributed by atoms with Crippen molar-refractivity contribution >= 4 is 29.2 Å².